The molecule has 0 aliphatic rings. The monoisotopic (exact) mass is 321 g/mol. The van der Waals surface area contributed by atoms with Gasteiger partial charge >= 0.3 is 0 Å². The molecular weight excluding hydrogens is 302 g/mol. The number of hydrogen-bond acceptors (Lipinski definition) is 6. The van der Waals surface area contributed by atoms with Crippen LogP contribution in [0.2, 0.25) is 0 Å². The van der Waals surface area contributed by atoms with Crippen LogP contribution in [-0.4, -0.2) is 28.8 Å². The minimum atomic E-state index is 0.545. The zero-order valence-corrected chi connectivity index (χ0v) is 13.7. The van der Waals surface area contributed by atoms with E-state index in [1.54, 1.807) is 13.3 Å². The highest BCUT2D eigenvalue weighted by molar-refractivity contribution is 5.65. The van der Waals surface area contributed by atoms with E-state index >= 15 is 0 Å². The highest BCUT2D eigenvalue weighted by Crippen LogP contribution is 2.27. The molecule has 0 bridgehead atoms. The topological polar surface area (TPSA) is 63.2 Å². The van der Waals surface area contributed by atoms with Crippen molar-refractivity contribution < 1.29 is 4.74 Å². The molecule has 6 nitrogen and oxygen atoms in total. The minimum Gasteiger partial charge on any atom is -0.495 e. The second-order valence-electron chi connectivity index (χ2n) is 5.05. The van der Waals surface area contributed by atoms with Crippen molar-refractivity contribution in [2.24, 2.45) is 0 Å². The molecule has 0 atom stereocenters. The summed E-state index contributed by atoms with van der Waals surface area (Å²) in [5, 5.41) is 11.5. The van der Waals surface area contributed by atoms with E-state index < -0.39 is 0 Å². The lowest BCUT2D eigenvalue weighted by Gasteiger charge is -2.20. The Labute approximate surface area is 141 Å². The van der Waals surface area contributed by atoms with Gasteiger partial charge in [0.1, 0.15) is 5.75 Å². The average molecular weight is 321 g/mol. The summed E-state index contributed by atoms with van der Waals surface area (Å²) < 4.78 is 5.35. The highest BCUT2D eigenvalue weighted by Gasteiger charge is 2.12. The van der Waals surface area contributed by atoms with Crippen LogP contribution in [0.5, 0.6) is 5.75 Å². The van der Waals surface area contributed by atoms with Crippen molar-refractivity contribution in [3.05, 3.63) is 60.8 Å². The first-order valence-electron chi connectivity index (χ1n) is 7.74. The Morgan fingerprint density at radius 2 is 1.79 bits per heavy atom. The Bertz CT molecular complexity index is 794. The van der Waals surface area contributed by atoms with Crippen LogP contribution < -0.4 is 15.0 Å². The highest BCUT2D eigenvalue weighted by atomic mass is 16.5. The molecule has 0 amide bonds. The summed E-state index contributed by atoms with van der Waals surface area (Å²) in [7, 11) is 1.64. The van der Waals surface area contributed by atoms with Crippen LogP contribution in [0.4, 0.5) is 23.1 Å². The number of aromatic nitrogens is 3. The van der Waals surface area contributed by atoms with E-state index in [-0.39, 0.29) is 0 Å². The third kappa shape index (κ3) is 3.43. The maximum absolute atomic E-state index is 5.35. The summed E-state index contributed by atoms with van der Waals surface area (Å²) in [6.07, 6.45) is 1.59. The van der Waals surface area contributed by atoms with Gasteiger partial charge in [0.2, 0.25) is 0 Å². The van der Waals surface area contributed by atoms with Crippen LogP contribution in [0.3, 0.4) is 0 Å². The second-order valence-corrected chi connectivity index (χ2v) is 5.05. The molecule has 0 radical (unpaired) electrons. The zero-order valence-electron chi connectivity index (χ0n) is 13.7. The largest absolute Gasteiger partial charge is 0.495 e. The number of ether oxygens (including phenoxy) is 1. The van der Waals surface area contributed by atoms with Gasteiger partial charge in [0.15, 0.2) is 5.82 Å². The van der Waals surface area contributed by atoms with Gasteiger partial charge in [-0.25, -0.2) is 0 Å². The summed E-state index contributed by atoms with van der Waals surface area (Å²) in [6, 6.07) is 17.7. The lowest BCUT2D eigenvalue weighted by atomic mass is 10.3. The quantitative estimate of drug-likeness (QED) is 0.745. The van der Waals surface area contributed by atoms with E-state index in [1.165, 1.54) is 0 Å². The molecule has 6 heteroatoms. The molecule has 122 valence electrons. The second kappa shape index (κ2) is 7.41. The Balaban J connectivity index is 1.89. The molecule has 0 fully saturated rings. The fourth-order valence-electron chi connectivity index (χ4n) is 2.40. The maximum Gasteiger partial charge on any atom is 0.251 e. The Morgan fingerprint density at radius 1 is 1.04 bits per heavy atom. The summed E-state index contributed by atoms with van der Waals surface area (Å²) >= 11 is 0. The molecule has 1 aromatic heterocycles. The number of para-hydroxylation sites is 3. The predicted molar refractivity (Wildman–Crippen MR) is 95.2 cm³/mol. The number of benzene rings is 2. The van der Waals surface area contributed by atoms with E-state index in [1.807, 2.05) is 59.5 Å². The molecular formula is C18H19N5O. The minimum absolute atomic E-state index is 0.545. The fraction of sp³-hybridized carbons (Fsp3) is 0.167. The Kier molecular flexibility index (Phi) is 4.86. The lowest BCUT2D eigenvalue weighted by Crippen LogP contribution is -2.19. The molecule has 0 unspecified atom stereocenters. The van der Waals surface area contributed by atoms with Gasteiger partial charge in [-0.1, -0.05) is 30.3 Å². The number of hydrogen-bond donors (Lipinski definition) is 1. The van der Waals surface area contributed by atoms with Crippen molar-refractivity contribution in [2.75, 3.05) is 23.9 Å². The van der Waals surface area contributed by atoms with E-state index in [4.69, 9.17) is 4.74 Å². The van der Waals surface area contributed by atoms with Crippen molar-refractivity contribution in [1.29, 1.82) is 0 Å². The molecule has 0 aliphatic heterocycles. The van der Waals surface area contributed by atoms with Crippen molar-refractivity contribution in [3.8, 4) is 5.75 Å². The van der Waals surface area contributed by atoms with Crippen LogP contribution in [0, 0.1) is 0 Å². The van der Waals surface area contributed by atoms with Crippen molar-refractivity contribution in [3.63, 3.8) is 0 Å². The van der Waals surface area contributed by atoms with E-state index in [0.29, 0.717) is 11.8 Å². The summed E-state index contributed by atoms with van der Waals surface area (Å²) in [5.41, 5.74) is 1.85. The molecule has 0 spiro atoms. The third-order valence-corrected chi connectivity index (χ3v) is 3.54. The van der Waals surface area contributed by atoms with Gasteiger partial charge in [0.05, 0.1) is 19.0 Å². The third-order valence-electron chi connectivity index (χ3n) is 3.54. The summed E-state index contributed by atoms with van der Waals surface area (Å²) in [5.74, 6) is 1.90. The predicted octanol–water partition coefficient (Wildman–Crippen LogP) is 3.78. The summed E-state index contributed by atoms with van der Waals surface area (Å²) in [6.45, 7) is 2.79. The van der Waals surface area contributed by atoms with E-state index in [2.05, 4.69) is 27.4 Å². The Hall–Kier alpha value is -3.15. The number of rotatable bonds is 6. The van der Waals surface area contributed by atoms with Gasteiger partial charge in [-0.05, 0) is 31.2 Å². The SMILES string of the molecule is CCN(c1ccccc1)c1nncc(Nc2ccccc2OC)n1. The maximum atomic E-state index is 5.35. The normalized spacial score (nSPS) is 10.2. The first kappa shape index (κ1) is 15.7. The van der Waals surface area contributed by atoms with E-state index in [0.717, 1.165) is 23.7 Å². The van der Waals surface area contributed by atoms with Crippen LogP contribution in [-0.2, 0) is 0 Å². The van der Waals surface area contributed by atoms with E-state index in [9.17, 15) is 0 Å². The number of nitrogens with one attached hydrogen (secondary N) is 1. The van der Waals surface area contributed by atoms with Gasteiger partial charge in [0.25, 0.3) is 5.95 Å². The van der Waals surface area contributed by atoms with Crippen molar-refractivity contribution in [1.82, 2.24) is 15.2 Å². The molecule has 3 rings (SSSR count). The molecule has 24 heavy (non-hydrogen) atoms. The number of anilines is 4. The van der Waals surface area contributed by atoms with Crippen molar-refractivity contribution in [2.45, 2.75) is 6.92 Å². The van der Waals surface area contributed by atoms with Gasteiger partial charge < -0.3 is 15.0 Å². The first-order valence-corrected chi connectivity index (χ1v) is 7.74. The van der Waals surface area contributed by atoms with Gasteiger partial charge in [-0.2, -0.15) is 10.1 Å². The molecule has 0 aliphatic carbocycles. The Morgan fingerprint density at radius 3 is 2.54 bits per heavy atom. The average Bonchev–Trinajstić information content (AvgIpc) is 2.64. The number of methoxy groups -OCH3 is 1. The van der Waals surface area contributed by atoms with Gasteiger partial charge in [0, 0.05) is 12.2 Å². The summed E-state index contributed by atoms with van der Waals surface area (Å²) in [4.78, 5) is 6.58. The fourth-order valence-corrected chi connectivity index (χ4v) is 2.40. The van der Waals surface area contributed by atoms with Crippen LogP contribution in [0.1, 0.15) is 6.92 Å². The molecule has 1 heterocycles. The number of nitrogens with zero attached hydrogens (tertiary/aromatic N) is 4. The molecule has 2 aromatic carbocycles. The lowest BCUT2D eigenvalue weighted by molar-refractivity contribution is 0.417. The standard InChI is InChI=1S/C18H19N5O/c1-3-23(14-9-5-4-6-10-14)18-21-17(13-19-22-18)20-15-11-7-8-12-16(15)24-2/h4-13H,3H2,1-2H3,(H,20,21,22). The zero-order chi connectivity index (χ0) is 16.8. The molecule has 3 aromatic rings. The molecule has 1 N–H and O–H groups in total. The van der Waals surface area contributed by atoms with Gasteiger partial charge in [-0.15, -0.1) is 5.10 Å². The van der Waals surface area contributed by atoms with Crippen molar-refractivity contribution >= 4 is 23.1 Å². The van der Waals surface area contributed by atoms with Crippen LogP contribution >= 0.6 is 0 Å². The van der Waals surface area contributed by atoms with Gasteiger partial charge in [-0.3, -0.25) is 0 Å². The molecule has 0 saturated heterocycles. The van der Waals surface area contributed by atoms with Crippen LogP contribution in [0.15, 0.2) is 60.8 Å². The smallest absolute Gasteiger partial charge is 0.251 e. The van der Waals surface area contributed by atoms with Crippen LogP contribution in [0.25, 0.3) is 0 Å². The molecule has 0 saturated carbocycles. The first-order chi connectivity index (χ1) is 11.8.